The maximum atomic E-state index is 13.0. The molecule has 1 fully saturated rings. The van der Waals surface area contributed by atoms with Crippen LogP contribution in [0, 0.1) is 6.92 Å². The van der Waals surface area contributed by atoms with E-state index in [1.54, 1.807) is 12.1 Å². The highest BCUT2D eigenvalue weighted by Crippen LogP contribution is 2.20. The summed E-state index contributed by atoms with van der Waals surface area (Å²) in [4.78, 5) is 26.4. The Kier molecular flexibility index (Phi) is 6.98. The van der Waals surface area contributed by atoms with Gasteiger partial charge in [-0.05, 0) is 31.9 Å². The van der Waals surface area contributed by atoms with Gasteiger partial charge in [0, 0.05) is 26.7 Å². The van der Waals surface area contributed by atoms with Crippen LogP contribution < -0.4 is 5.32 Å². The number of methoxy groups -OCH3 is 1. The van der Waals surface area contributed by atoms with Crippen molar-refractivity contribution in [1.29, 1.82) is 0 Å². The van der Waals surface area contributed by atoms with Crippen LogP contribution in [0.2, 0.25) is 0 Å². The van der Waals surface area contributed by atoms with Crippen LogP contribution in [0.15, 0.2) is 29.2 Å². The Labute approximate surface area is 154 Å². The van der Waals surface area contributed by atoms with Crippen molar-refractivity contribution < 1.29 is 22.7 Å². The molecule has 1 aliphatic heterocycles. The van der Waals surface area contributed by atoms with Crippen LogP contribution in [-0.2, 0) is 19.6 Å². The first kappa shape index (κ1) is 20.2. The number of likely N-dealkylation sites (tertiary alicyclic amines) is 1. The molecule has 144 valence electrons. The van der Waals surface area contributed by atoms with Gasteiger partial charge in [0.1, 0.15) is 6.54 Å². The number of ether oxygens (including phenoxy) is 1. The number of hydrogen-bond donors (Lipinski definition) is 1. The molecule has 0 unspecified atom stereocenters. The van der Waals surface area contributed by atoms with E-state index < -0.39 is 28.5 Å². The highest BCUT2D eigenvalue weighted by Gasteiger charge is 2.35. The quantitative estimate of drug-likeness (QED) is 0.708. The summed E-state index contributed by atoms with van der Waals surface area (Å²) in [5.41, 5.74) is 0.902. The number of hydrogen-bond acceptors (Lipinski definition) is 5. The highest BCUT2D eigenvalue weighted by molar-refractivity contribution is 7.89. The monoisotopic (exact) mass is 383 g/mol. The smallest absolute Gasteiger partial charge is 0.334 e. The van der Waals surface area contributed by atoms with Gasteiger partial charge in [-0.3, -0.25) is 4.79 Å². The lowest BCUT2D eigenvalue weighted by Crippen LogP contribution is -2.49. The Bertz CT molecular complexity index is 727. The summed E-state index contributed by atoms with van der Waals surface area (Å²) in [6.45, 7) is 2.80. The molecule has 1 aromatic rings. The zero-order valence-corrected chi connectivity index (χ0v) is 15.9. The molecule has 3 amide bonds. The molecule has 2 rings (SSSR count). The van der Waals surface area contributed by atoms with E-state index in [0.29, 0.717) is 24.0 Å². The highest BCUT2D eigenvalue weighted by atomic mass is 32.2. The molecule has 0 saturated carbocycles. The molecule has 9 heteroatoms. The lowest BCUT2D eigenvalue weighted by atomic mass is 10.2. The van der Waals surface area contributed by atoms with Crippen LogP contribution in [0.3, 0.4) is 0 Å². The predicted molar refractivity (Wildman–Crippen MR) is 96.2 cm³/mol. The third-order valence-corrected chi connectivity index (χ3v) is 5.85. The number of rotatable bonds is 7. The molecule has 1 saturated heterocycles. The summed E-state index contributed by atoms with van der Waals surface area (Å²) in [5, 5.41) is 2.55. The molecule has 1 heterocycles. The average molecular weight is 383 g/mol. The number of aryl methyl sites for hydroxylation is 1. The molecular weight excluding hydrogens is 358 g/mol. The number of nitrogens with zero attached hydrogens (tertiary/aromatic N) is 2. The number of carbonyl (C=O) groups is 2. The molecule has 0 aliphatic carbocycles. The molecule has 1 aliphatic rings. The fraction of sp³-hybridized carbons (Fsp3) is 0.529. The van der Waals surface area contributed by atoms with E-state index in [0.717, 1.165) is 18.4 Å². The summed E-state index contributed by atoms with van der Waals surface area (Å²) < 4.78 is 31.5. The first-order valence-corrected chi connectivity index (χ1v) is 9.94. The van der Waals surface area contributed by atoms with E-state index in [4.69, 9.17) is 4.74 Å². The molecule has 8 nitrogen and oxygen atoms in total. The van der Waals surface area contributed by atoms with Gasteiger partial charge in [0.2, 0.25) is 5.91 Å². The van der Waals surface area contributed by atoms with E-state index in [2.05, 4.69) is 5.32 Å². The Morgan fingerprint density at radius 2 is 1.81 bits per heavy atom. The number of amides is 3. The van der Waals surface area contributed by atoms with Crippen molar-refractivity contribution in [3.63, 3.8) is 0 Å². The van der Waals surface area contributed by atoms with Crippen molar-refractivity contribution >= 4 is 22.0 Å². The second kappa shape index (κ2) is 9.00. The lowest BCUT2D eigenvalue weighted by molar-refractivity contribution is -0.121. The summed E-state index contributed by atoms with van der Waals surface area (Å²) >= 11 is 0. The Hall–Kier alpha value is -2.13. The number of sulfonamides is 1. The van der Waals surface area contributed by atoms with Crippen molar-refractivity contribution in [3.8, 4) is 0 Å². The molecule has 0 spiro atoms. The van der Waals surface area contributed by atoms with Crippen molar-refractivity contribution in [2.75, 3.05) is 39.9 Å². The second-order valence-corrected chi connectivity index (χ2v) is 8.01. The molecule has 0 atom stereocenters. The van der Waals surface area contributed by atoms with Crippen LogP contribution >= 0.6 is 0 Å². The molecule has 0 radical (unpaired) electrons. The minimum Gasteiger partial charge on any atom is -0.383 e. The lowest BCUT2D eigenvalue weighted by Gasteiger charge is -2.27. The number of nitrogens with one attached hydrogen (secondary N) is 1. The third kappa shape index (κ3) is 4.95. The maximum absolute atomic E-state index is 13.0. The zero-order valence-electron chi connectivity index (χ0n) is 15.1. The van der Waals surface area contributed by atoms with E-state index >= 15 is 0 Å². The zero-order chi connectivity index (χ0) is 19.2. The fourth-order valence-electron chi connectivity index (χ4n) is 2.64. The molecule has 1 N–H and O–H groups in total. The normalized spacial score (nSPS) is 14.3. The average Bonchev–Trinajstić information content (AvgIpc) is 3.14. The van der Waals surface area contributed by atoms with Crippen molar-refractivity contribution in [2.24, 2.45) is 0 Å². The minimum absolute atomic E-state index is 0.0136. The van der Waals surface area contributed by atoms with Crippen LogP contribution in [-0.4, -0.2) is 69.5 Å². The van der Waals surface area contributed by atoms with Crippen LogP contribution in [0.4, 0.5) is 4.79 Å². The van der Waals surface area contributed by atoms with Crippen LogP contribution in [0.1, 0.15) is 18.4 Å². The SMILES string of the molecule is COCCNC(=O)CN(C(=O)N1CCCC1)S(=O)(=O)c1ccc(C)cc1. The largest absolute Gasteiger partial charge is 0.383 e. The first-order valence-electron chi connectivity index (χ1n) is 8.50. The molecular formula is C17H25N3O5S. The topological polar surface area (TPSA) is 96.0 Å². The third-order valence-electron chi connectivity index (χ3n) is 4.11. The van der Waals surface area contributed by atoms with Crippen molar-refractivity contribution in [2.45, 2.75) is 24.7 Å². The summed E-state index contributed by atoms with van der Waals surface area (Å²) in [6.07, 6.45) is 1.65. The molecule has 0 aromatic heterocycles. The van der Waals surface area contributed by atoms with Crippen LogP contribution in [0.5, 0.6) is 0 Å². The van der Waals surface area contributed by atoms with E-state index in [-0.39, 0.29) is 11.4 Å². The van der Waals surface area contributed by atoms with Gasteiger partial charge in [-0.15, -0.1) is 0 Å². The summed E-state index contributed by atoms with van der Waals surface area (Å²) in [7, 11) is -2.63. The maximum Gasteiger partial charge on any atom is 0.334 e. The summed E-state index contributed by atoms with van der Waals surface area (Å²) in [6, 6.07) is 5.54. The first-order chi connectivity index (χ1) is 12.4. The van der Waals surface area contributed by atoms with Gasteiger partial charge in [-0.2, -0.15) is 0 Å². The number of benzene rings is 1. The molecule has 26 heavy (non-hydrogen) atoms. The Morgan fingerprint density at radius 3 is 2.38 bits per heavy atom. The number of carbonyl (C=O) groups excluding carboxylic acids is 2. The minimum atomic E-state index is -4.13. The van der Waals surface area contributed by atoms with E-state index in [1.807, 2.05) is 6.92 Å². The standard InChI is InChI=1S/C17H25N3O5S/c1-14-5-7-15(8-6-14)26(23,24)20(13-16(21)18-9-12-25-2)17(22)19-10-3-4-11-19/h5-8H,3-4,9-13H2,1-2H3,(H,18,21). The van der Waals surface area contributed by atoms with Gasteiger partial charge in [0.05, 0.1) is 11.5 Å². The number of urea groups is 1. The van der Waals surface area contributed by atoms with Gasteiger partial charge in [-0.1, -0.05) is 17.7 Å². The predicted octanol–water partition coefficient (Wildman–Crippen LogP) is 0.964. The van der Waals surface area contributed by atoms with Crippen LogP contribution in [0.25, 0.3) is 0 Å². The van der Waals surface area contributed by atoms with Gasteiger partial charge in [0.15, 0.2) is 0 Å². The molecule has 0 bridgehead atoms. The van der Waals surface area contributed by atoms with E-state index in [9.17, 15) is 18.0 Å². The Balaban J connectivity index is 2.25. The van der Waals surface area contributed by atoms with Gasteiger partial charge in [-0.25, -0.2) is 17.5 Å². The summed E-state index contributed by atoms with van der Waals surface area (Å²) in [5.74, 6) is -0.551. The Morgan fingerprint density at radius 1 is 1.19 bits per heavy atom. The fourth-order valence-corrected chi connectivity index (χ4v) is 3.98. The van der Waals surface area contributed by atoms with Gasteiger partial charge < -0.3 is 15.0 Å². The van der Waals surface area contributed by atoms with Gasteiger partial charge >= 0.3 is 6.03 Å². The van der Waals surface area contributed by atoms with E-state index in [1.165, 1.54) is 24.1 Å². The van der Waals surface area contributed by atoms with Gasteiger partial charge in [0.25, 0.3) is 10.0 Å². The second-order valence-electron chi connectivity index (χ2n) is 6.14. The van der Waals surface area contributed by atoms with Crippen molar-refractivity contribution in [3.05, 3.63) is 29.8 Å². The van der Waals surface area contributed by atoms with Crippen molar-refractivity contribution in [1.82, 2.24) is 14.5 Å². The molecule has 1 aromatic carbocycles.